The molecule has 0 bridgehead atoms. The lowest BCUT2D eigenvalue weighted by Crippen LogP contribution is -2.49. The number of ether oxygens (including phenoxy) is 3. The third-order valence-electron chi connectivity index (χ3n) is 6.16. The van der Waals surface area contributed by atoms with Crippen LogP contribution in [-0.4, -0.2) is 85.6 Å². The lowest BCUT2D eigenvalue weighted by atomic mass is 10.1. The quantitative estimate of drug-likeness (QED) is 0.0681. The number of carbonyl (C=O) groups excluding carboxylic acids is 1. The Bertz CT molecular complexity index is 1470. The van der Waals surface area contributed by atoms with Crippen LogP contribution < -0.4 is 14.8 Å². The third kappa shape index (κ3) is 9.74. The van der Waals surface area contributed by atoms with Gasteiger partial charge in [-0.3, -0.25) is 0 Å². The average Bonchev–Trinajstić information content (AvgIpc) is 3.03. The number of rotatable bonds is 18. The molecule has 13 nitrogen and oxygen atoms in total. The van der Waals surface area contributed by atoms with Gasteiger partial charge in [0.1, 0.15) is 35.7 Å². The number of aliphatic hydroxyl groups is 3. The first-order chi connectivity index (χ1) is 21.1. The van der Waals surface area contributed by atoms with Crippen molar-refractivity contribution in [2.75, 3.05) is 31.7 Å². The monoisotopic (exact) mass is 632 g/mol. The van der Waals surface area contributed by atoms with Crippen molar-refractivity contribution in [1.29, 1.82) is 0 Å². The van der Waals surface area contributed by atoms with Crippen LogP contribution in [0.5, 0.6) is 11.5 Å². The normalized spacial score (nSPS) is 13.5. The Balaban J connectivity index is 1.96. The van der Waals surface area contributed by atoms with Crippen molar-refractivity contribution in [3.63, 3.8) is 0 Å². The first-order valence-electron chi connectivity index (χ1n) is 13.8. The van der Waals surface area contributed by atoms with Gasteiger partial charge >= 0.3 is 11.9 Å². The maximum atomic E-state index is 13.8. The molecule has 2 unspecified atom stereocenters. The molecule has 0 spiro atoms. The highest BCUT2D eigenvalue weighted by Gasteiger charge is 2.33. The van der Waals surface area contributed by atoms with Gasteiger partial charge in [0.2, 0.25) is 10.0 Å². The van der Waals surface area contributed by atoms with Gasteiger partial charge in [-0.05, 0) is 42.8 Å². The minimum atomic E-state index is -4.77. The van der Waals surface area contributed by atoms with Gasteiger partial charge < -0.3 is 40.0 Å². The van der Waals surface area contributed by atoms with Gasteiger partial charge in [-0.1, -0.05) is 49.7 Å². The molecule has 0 aliphatic carbocycles. The van der Waals surface area contributed by atoms with Crippen LogP contribution in [0, 0.1) is 0 Å². The van der Waals surface area contributed by atoms with E-state index in [1.54, 1.807) is 48.5 Å². The predicted octanol–water partition coefficient (Wildman–Crippen LogP) is 2.58. The third-order valence-corrected chi connectivity index (χ3v) is 7.59. The SMILES string of the molecule is CCCCNc1cc(C(=O)O)cc(S(=O)(=O)NC(O[C@@H](CO)COC(=O)c2ccccc2)C(O)CO)c1Oc1ccccc1. The standard InChI is InChI=1S/C30H36N2O11S/c1-2-3-14-31-24-15-21(29(36)37)16-26(27(24)42-22-12-8-5-9-13-22)44(39,40)32-28(25(35)18-34)43-23(17-33)19-41-30(38)20-10-6-4-7-11-20/h4-13,15-16,23,25,28,31-35H,2-3,14,17-19H2,1H3,(H,36,37)/t23-,25?,28?/m0/s1. The Morgan fingerprint density at radius 2 is 1.59 bits per heavy atom. The Morgan fingerprint density at radius 1 is 0.932 bits per heavy atom. The summed E-state index contributed by atoms with van der Waals surface area (Å²) in [5, 5.41) is 42.7. The van der Waals surface area contributed by atoms with Crippen LogP contribution in [0.2, 0.25) is 0 Å². The van der Waals surface area contributed by atoms with Crippen molar-refractivity contribution in [3.05, 3.63) is 83.9 Å². The van der Waals surface area contributed by atoms with E-state index in [9.17, 15) is 38.4 Å². The molecule has 3 rings (SSSR count). The summed E-state index contributed by atoms with van der Waals surface area (Å²) >= 11 is 0. The van der Waals surface area contributed by atoms with Crippen LogP contribution in [0.1, 0.15) is 40.5 Å². The molecule has 0 saturated heterocycles. The number of aliphatic hydroxyl groups excluding tert-OH is 3. The number of benzene rings is 3. The molecule has 0 heterocycles. The number of carboxylic acids is 1. The molecule has 0 aliphatic heterocycles. The summed E-state index contributed by atoms with van der Waals surface area (Å²) < 4.78 is 46.4. The summed E-state index contributed by atoms with van der Waals surface area (Å²) in [7, 11) is -4.77. The Hall–Kier alpha value is -4.05. The van der Waals surface area contributed by atoms with Crippen LogP contribution >= 0.6 is 0 Å². The Morgan fingerprint density at radius 3 is 2.18 bits per heavy atom. The van der Waals surface area contributed by atoms with E-state index in [1.807, 2.05) is 6.92 Å². The number of unbranched alkanes of at least 4 members (excludes halogenated alkanes) is 1. The summed E-state index contributed by atoms with van der Waals surface area (Å²) in [6.45, 7) is 0.100. The molecule has 0 aromatic heterocycles. The van der Waals surface area contributed by atoms with Crippen LogP contribution in [0.4, 0.5) is 5.69 Å². The van der Waals surface area contributed by atoms with Crippen LogP contribution in [-0.2, 0) is 19.5 Å². The van der Waals surface area contributed by atoms with E-state index < -0.39 is 65.1 Å². The summed E-state index contributed by atoms with van der Waals surface area (Å²) in [6.07, 6.45) is -3.54. The molecule has 0 amide bonds. The molecule has 3 aromatic carbocycles. The van der Waals surface area contributed by atoms with E-state index in [0.29, 0.717) is 13.0 Å². The van der Waals surface area contributed by atoms with Gasteiger partial charge in [0.25, 0.3) is 0 Å². The largest absolute Gasteiger partial charge is 0.478 e. The zero-order chi connectivity index (χ0) is 32.1. The number of esters is 1. The highest BCUT2D eigenvalue weighted by molar-refractivity contribution is 7.89. The van der Waals surface area contributed by atoms with Crippen molar-refractivity contribution in [2.24, 2.45) is 0 Å². The minimum absolute atomic E-state index is 0.0869. The number of sulfonamides is 1. The molecule has 44 heavy (non-hydrogen) atoms. The van der Waals surface area contributed by atoms with Crippen LogP contribution in [0.3, 0.4) is 0 Å². The zero-order valence-electron chi connectivity index (χ0n) is 24.0. The molecular weight excluding hydrogens is 596 g/mol. The molecule has 0 radical (unpaired) electrons. The number of hydrogen-bond acceptors (Lipinski definition) is 11. The van der Waals surface area contributed by atoms with E-state index in [2.05, 4.69) is 10.0 Å². The van der Waals surface area contributed by atoms with Crippen molar-refractivity contribution < 1.29 is 52.6 Å². The summed E-state index contributed by atoms with van der Waals surface area (Å²) in [5.41, 5.74) is -0.0562. The maximum absolute atomic E-state index is 13.8. The fraction of sp³-hybridized carbons (Fsp3) is 0.333. The fourth-order valence-electron chi connectivity index (χ4n) is 3.85. The summed E-state index contributed by atoms with van der Waals surface area (Å²) in [4.78, 5) is 23.7. The minimum Gasteiger partial charge on any atom is -0.478 e. The van der Waals surface area contributed by atoms with E-state index >= 15 is 0 Å². The number of para-hydroxylation sites is 1. The number of nitrogens with one attached hydrogen (secondary N) is 2. The molecule has 3 aromatic rings. The Kier molecular flexibility index (Phi) is 13.1. The zero-order valence-corrected chi connectivity index (χ0v) is 24.8. The van der Waals surface area contributed by atoms with E-state index in [0.717, 1.165) is 12.5 Å². The molecular formula is C30H36N2O11S. The summed E-state index contributed by atoms with van der Waals surface area (Å²) in [5.74, 6) is -2.11. The topological polar surface area (TPSA) is 201 Å². The lowest BCUT2D eigenvalue weighted by molar-refractivity contribution is -0.121. The van der Waals surface area contributed by atoms with Gasteiger partial charge in [0, 0.05) is 6.54 Å². The maximum Gasteiger partial charge on any atom is 0.338 e. The molecule has 3 atom stereocenters. The smallest absolute Gasteiger partial charge is 0.338 e. The second-order valence-electron chi connectivity index (χ2n) is 9.55. The average molecular weight is 633 g/mol. The Labute approximate surface area is 255 Å². The number of hydrogen-bond donors (Lipinski definition) is 6. The molecule has 0 fully saturated rings. The first-order valence-corrected chi connectivity index (χ1v) is 15.3. The number of aromatic carboxylic acids is 1. The molecule has 238 valence electrons. The van der Waals surface area contributed by atoms with Gasteiger partial charge in [-0.2, -0.15) is 4.72 Å². The van der Waals surface area contributed by atoms with E-state index in [1.165, 1.54) is 18.2 Å². The van der Waals surface area contributed by atoms with Gasteiger partial charge in [-0.25, -0.2) is 18.0 Å². The summed E-state index contributed by atoms with van der Waals surface area (Å²) in [6, 6.07) is 18.3. The van der Waals surface area contributed by atoms with Crippen molar-refractivity contribution in [1.82, 2.24) is 4.72 Å². The highest BCUT2D eigenvalue weighted by Crippen LogP contribution is 2.38. The fourth-order valence-corrected chi connectivity index (χ4v) is 5.17. The molecule has 6 N–H and O–H groups in total. The van der Waals surface area contributed by atoms with Gasteiger partial charge in [-0.15, -0.1) is 0 Å². The van der Waals surface area contributed by atoms with Crippen LogP contribution in [0.25, 0.3) is 0 Å². The first kappa shape index (κ1) is 34.4. The second kappa shape index (κ2) is 16.7. The predicted molar refractivity (Wildman–Crippen MR) is 159 cm³/mol. The second-order valence-corrected chi connectivity index (χ2v) is 11.2. The van der Waals surface area contributed by atoms with Gasteiger partial charge in [0.05, 0.1) is 30.0 Å². The number of carboxylic acid groups (broad SMARTS) is 1. The van der Waals surface area contributed by atoms with Crippen molar-refractivity contribution >= 4 is 27.6 Å². The number of anilines is 1. The molecule has 14 heteroatoms. The van der Waals surface area contributed by atoms with Crippen LogP contribution in [0.15, 0.2) is 77.7 Å². The van der Waals surface area contributed by atoms with Crippen molar-refractivity contribution in [3.8, 4) is 11.5 Å². The highest BCUT2D eigenvalue weighted by atomic mass is 32.2. The molecule has 0 saturated carbocycles. The molecule has 0 aliphatic rings. The van der Waals surface area contributed by atoms with Crippen molar-refractivity contribution in [2.45, 2.75) is 43.1 Å². The van der Waals surface area contributed by atoms with Gasteiger partial charge in [0.15, 0.2) is 5.75 Å². The van der Waals surface area contributed by atoms with E-state index in [4.69, 9.17) is 14.2 Å². The lowest BCUT2D eigenvalue weighted by Gasteiger charge is -2.27. The number of carbonyl (C=O) groups is 2. The van der Waals surface area contributed by atoms with E-state index in [-0.39, 0.29) is 28.3 Å².